The molecule has 0 spiro atoms. The summed E-state index contributed by atoms with van der Waals surface area (Å²) in [4.78, 5) is 20.7. The maximum atomic E-state index is 13.8. The van der Waals surface area contributed by atoms with Crippen LogP contribution in [0.15, 0.2) is 23.2 Å². The standard InChI is InChI=1S/C20H31F2N5O2.HI/c1-3-23-20(25-7-6-16-14-17(21)4-5-18(16)22)27-11-9-26(10-12-27)15-19(28)24-8-13-29-2;/h4-5,14H,3,6-13,15H2,1-2H3,(H,23,25)(H,24,28);1H. The van der Waals surface area contributed by atoms with Crippen LogP contribution in [0.5, 0.6) is 0 Å². The van der Waals surface area contributed by atoms with Crippen LogP contribution in [0.1, 0.15) is 12.5 Å². The maximum Gasteiger partial charge on any atom is 0.234 e. The van der Waals surface area contributed by atoms with Gasteiger partial charge in [-0.05, 0) is 37.1 Å². The molecule has 1 fully saturated rings. The molecule has 7 nitrogen and oxygen atoms in total. The third-order valence-electron chi connectivity index (χ3n) is 4.65. The Hall–Kier alpha value is -1.53. The van der Waals surface area contributed by atoms with Crippen molar-refractivity contribution >= 4 is 35.8 Å². The molecular weight excluding hydrogens is 507 g/mol. The molecule has 2 N–H and O–H groups in total. The Balaban J connectivity index is 0.00000450. The van der Waals surface area contributed by atoms with Crippen LogP contribution in [-0.4, -0.2) is 87.7 Å². The molecule has 0 atom stereocenters. The molecule has 0 aromatic heterocycles. The first kappa shape index (κ1) is 26.5. The topological polar surface area (TPSA) is 69.2 Å². The molecule has 0 unspecified atom stereocenters. The number of aliphatic imine (C=N–C) groups is 1. The molecule has 0 radical (unpaired) electrons. The molecule has 0 bridgehead atoms. The Labute approximate surface area is 194 Å². The minimum absolute atomic E-state index is 0. The number of hydrogen-bond donors (Lipinski definition) is 2. The first-order chi connectivity index (χ1) is 14.0. The lowest BCUT2D eigenvalue weighted by molar-refractivity contribution is -0.122. The Morgan fingerprint density at radius 2 is 1.93 bits per heavy atom. The zero-order valence-electron chi connectivity index (χ0n) is 17.6. The zero-order valence-corrected chi connectivity index (χ0v) is 20.0. The summed E-state index contributed by atoms with van der Waals surface area (Å²) >= 11 is 0. The van der Waals surface area contributed by atoms with Gasteiger partial charge in [0.05, 0.1) is 13.2 Å². The van der Waals surface area contributed by atoms with E-state index in [0.29, 0.717) is 38.2 Å². The van der Waals surface area contributed by atoms with E-state index in [9.17, 15) is 13.6 Å². The summed E-state index contributed by atoms with van der Waals surface area (Å²) in [5.74, 6) is -0.106. The van der Waals surface area contributed by atoms with Crippen molar-refractivity contribution in [2.24, 2.45) is 4.99 Å². The van der Waals surface area contributed by atoms with Crippen LogP contribution in [0.2, 0.25) is 0 Å². The SMILES string of the molecule is CCNC(=NCCc1cc(F)ccc1F)N1CCN(CC(=O)NCCOC)CC1.I. The molecule has 1 aliphatic heterocycles. The van der Waals surface area contributed by atoms with Crippen LogP contribution in [0.3, 0.4) is 0 Å². The number of piperazine rings is 1. The van der Waals surface area contributed by atoms with Crippen LogP contribution in [0.25, 0.3) is 0 Å². The maximum absolute atomic E-state index is 13.8. The predicted molar refractivity (Wildman–Crippen MR) is 124 cm³/mol. The second-order valence-electron chi connectivity index (χ2n) is 6.83. The smallest absolute Gasteiger partial charge is 0.234 e. The molecule has 0 aliphatic carbocycles. The normalized spacial score (nSPS) is 14.9. The molecule has 170 valence electrons. The zero-order chi connectivity index (χ0) is 21.1. The number of rotatable bonds is 9. The van der Waals surface area contributed by atoms with Crippen molar-refractivity contribution in [3.8, 4) is 0 Å². The van der Waals surface area contributed by atoms with E-state index in [-0.39, 0.29) is 29.9 Å². The average Bonchev–Trinajstić information content (AvgIpc) is 2.71. The summed E-state index contributed by atoms with van der Waals surface area (Å²) in [6.07, 6.45) is 0.333. The second-order valence-corrected chi connectivity index (χ2v) is 6.83. The van der Waals surface area contributed by atoms with Crippen molar-refractivity contribution in [2.75, 3.05) is 66.1 Å². The van der Waals surface area contributed by atoms with Gasteiger partial charge in [0.1, 0.15) is 11.6 Å². The molecule has 1 aromatic rings. The highest BCUT2D eigenvalue weighted by Crippen LogP contribution is 2.10. The van der Waals surface area contributed by atoms with Gasteiger partial charge in [0.2, 0.25) is 5.91 Å². The number of halogens is 3. The molecule has 1 heterocycles. The summed E-state index contributed by atoms with van der Waals surface area (Å²) < 4.78 is 32.0. The van der Waals surface area contributed by atoms with E-state index in [1.807, 2.05) is 6.92 Å². The average molecular weight is 539 g/mol. The van der Waals surface area contributed by atoms with Gasteiger partial charge in [-0.2, -0.15) is 0 Å². The quantitative estimate of drug-likeness (QED) is 0.216. The van der Waals surface area contributed by atoms with Crippen molar-refractivity contribution in [1.29, 1.82) is 0 Å². The fourth-order valence-electron chi connectivity index (χ4n) is 3.11. The predicted octanol–water partition coefficient (Wildman–Crippen LogP) is 1.47. The lowest BCUT2D eigenvalue weighted by Gasteiger charge is -2.36. The van der Waals surface area contributed by atoms with Crippen LogP contribution in [-0.2, 0) is 16.0 Å². The Morgan fingerprint density at radius 1 is 1.20 bits per heavy atom. The number of guanidine groups is 1. The van der Waals surface area contributed by atoms with Crippen LogP contribution in [0.4, 0.5) is 8.78 Å². The van der Waals surface area contributed by atoms with Crippen molar-refractivity contribution in [3.63, 3.8) is 0 Å². The third-order valence-corrected chi connectivity index (χ3v) is 4.65. The fraction of sp³-hybridized carbons (Fsp3) is 0.600. The summed E-state index contributed by atoms with van der Waals surface area (Å²) in [5.41, 5.74) is 0.328. The number of carbonyl (C=O) groups is 1. The van der Waals surface area contributed by atoms with E-state index in [4.69, 9.17) is 4.74 Å². The Bertz CT molecular complexity index is 685. The monoisotopic (exact) mass is 539 g/mol. The van der Waals surface area contributed by atoms with Crippen molar-refractivity contribution < 1.29 is 18.3 Å². The molecule has 30 heavy (non-hydrogen) atoms. The van der Waals surface area contributed by atoms with Crippen molar-refractivity contribution in [1.82, 2.24) is 20.4 Å². The summed E-state index contributed by atoms with van der Waals surface area (Å²) in [7, 11) is 1.60. The molecule has 1 amide bonds. The Morgan fingerprint density at radius 3 is 2.60 bits per heavy atom. The van der Waals surface area contributed by atoms with E-state index in [1.165, 1.54) is 6.07 Å². The summed E-state index contributed by atoms with van der Waals surface area (Å²) in [5, 5.41) is 6.08. The van der Waals surface area contributed by atoms with Gasteiger partial charge in [0.15, 0.2) is 5.96 Å². The minimum atomic E-state index is -0.445. The van der Waals surface area contributed by atoms with Gasteiger partial charge in [-0.15, -0.1) is 24.0 Å². The van der Waals surface area contributed by atoms with Gasteiger partial charge in [0.25, 0.3) is 0 Å². The fourth-order valence-corrected chi connectivity index (χ4v) is 3.11. The molecule has 1 saturated heterocycles. The highest BCUT2D eigenvalue weighted by atomic mass is 127. The molecule has 0 saturated carbocycles. The van der Waals surface area contributed by atoms with Gasteiger partial charge in [-0.3, -0.25) is 14.7 Å². The lowest BCUT2D eigenvalue weighted by atomic mass is 10.1. The highest BCUT2D eigenvalue weighted by molar-refractivity contribution is 14.0. The Kier molecular flexibility index (Phi) is 12.8. The van der Waals surface area contributed by atoms with Gasteiger partial charge in [0, 0.05) is 52.9 Å². The minimum Gasteiger partial charge on any atom is -0.383 e. The number of nitrogens with zero attached hydrogens (tertiary/aromatic N) is 3. The van der Waals surface area contributed by atoms with Crippen molar-refractivity contribution in [2.45, 2.75) is 13.3 Å². The largest absolute Gasteiger partial charge is 0.383 e. The van der Waals surface area contributed by atoms with E-state index >= 15 is 0 Å². The highest BCUT2D eigenvalue weighted by Gasteiger charge is 2.21. The summed E-state index contributed by atoms with van der Waals surface area (Å²) in [6, 6.07) is 3.47. The third kappa shape index (κ3) is 9.09. The number of amides is 1. The first-order valence-corrected chi connectivity index (χ1v) is 9.98. The second kappa shape index (κ2) is 14.5. The van der Waals surface area contributed by atoms with Gasteiger partial charge in [-0.1, -0.05) is 0 Å². The van der Waals surface area contributed by atoms with E-state index in [0.717, 1.165) is 50.8 Å². The molecule has 1 aromatic carbocycles. The molecular formula is C20H32F2IN5O2. The van der Waals surface area contributed by atoms with E-state index in [1.54, 1.807) is 7.11 Å². The number of nitrogens with one attached hydrogen (secondary N) is 2. The van der Waals surface area contributed by atoms with E-state index < -0.39 is 11.6 Å². The van der Waals surface area contributed by atoms with Crippen molar-refractivity contribution in [3.05, 3.63) is 35.4 Å². The van der Waals surface area contributed by atoms with Gasteiger partial charge < -0.3 is 20.3 Å². The number of methoxy groups -OCH3 is 1. The van der Waals surface area contributed by atoms with Crippen LogP contribution < -0.4 is 10.6 Å². The van der Waals surface area contributed by atoms with Gasteiger partial charge in [-0.25, -0.2) is 8.78 Å². The number of carbonyl (C=O) groups excluding carboxylic acids is 1. The lowest BCUT2D eigenvalue weighted by Crippen LogP contribution is -2.54. The first-order valence-electron chi connectivity index (χ1n) is 9.98. The molecule has 1 aliphatic rings. The number of ether oxygens (including phenoxy) is 1. The molecule has 10 heteroatoms. The molecule has 2 rings (SSSR count). The van der Waals surface area contributed by atoms with Crippen LogP contribution in [0, 0.1) is 11.6 Å². The number of hydrogen-bond acceptors (Lipinski definition) is 4. The number of benzene rings is 1. The summed E-state index contributed by atoms with van der Waals surface area (Å²) in [6.45, 7) is 7.44. The van der Waals surface area contributed by atoms with E-state index in [2.05, 4.69) is 25.4 Å². The van der Waals surface area contributed by atoms with Crippen LogP contribution >= 0.6 is 24.0 Å². The van der Waals surface area contributed by atoms with Gasteiger partial charge >= 0.3 is 0 Å².